The molecule has 0 aliphatic carbocycles. The highest BCUT2D eigenvalue weighted by Gasteiger charge is 2.06. The predicted molar refractivity (Wildman–Crippen MR) is 44.3 cm³/mol. The van der Waals surface area contributed by atoms with Gasteiger partial charge in [-0.15, -0.1) is 0 Å². The molecule has 10 heavy (non-hydrogen) atoms. The minimum atomic E-state index is -0.123. The second-order valence-electron chi connectivity index (χ2n) is 2.40. The summed E-state index contributed by atoms with van der Waals surface area (Å²) in [5.74, 6) is 0.632. The van der Waals surface area contributed by atoms with Gasteiger partial charge in [0.15, 0.2) is 0 Å². The van der Waals surface area contributed by atoms with E-state index in [1.54, 1.807) is 0 Å². The Morgan fingerprint density at radius 3 is 2.60 bits per heavy atom. The third-order valence-electron chi connectivity index (χ3n) is 1.02. The van der Waals surface area contributed by atoms with E-state index >= 15 is 0 Å². The van der Waals surface area contributed by atoms with Crippen LogP contribution >= 0.6 is 12.6 Å². The molecule has 0 fully saturated rings. The first kappa shape index (κ1) is 9.82. The molecule has 0 aliphatic heterocycles. The summed E-state index contributed by atoms with van der Waals surface area (Å²) in [6.07, 6.45) is 0.835. The lowest BCUT2D eigenvalue weighted by molar-refractivity contribution is -0.147. The Bertz CT molecular complexity index is 102. The maximum absolute atomic E-state index is 10.8. The highest BCUT2D eigenvalue weighted by Crippen LogP contribution is 1.96. The predicted octanol–water partition coefficient (Wildman–Crippen LogP) is 1.51. The van der Waals surface area contributed by atoms with Crippen molar-refractivity contribution in [3.63, 3.8) is 0 Å². The van der Waals surface area contributed by atoms with Gasteiger partial charge in [0, 0.05) is 0 Å². The van der Waals surface area contributed by atoms with Crippen molar-refractivity contribution in [3.05, 3.63) is 0 Å². The maximum atomic E-state index is 10.8. The summed E-state index contributed by atoms with van der Waals surface area (Å²) >= 11 is 3.98. The fraction of sp³-hybridized carbons (Fsp3) is 0.857. The number of rotatable bonds is 4. The molecule has 0 saturated heterocycles. The number of ether oxygens (including phenoxy) is 1. The van der Waals surface area contributed by atoms with Crippen molar-refractivity contribution in [2.75, 3.05) is 12.4 Å². The molecule has 0 amide bonds. The van der Waals surface area contributed by atoms with Crippen molar-refractivity contribution in [1.82, 2.24) is 0 Å². The van der Waals surface area contributed by atoms with E-state index in [4.69, 9.17) is 4.74 Å². The molecule has 60 valence electrons. The van der Waals surface area contributed by atoms with Crippen LogP contribution < -0.4 is 0 Å². The van der Waals surface area contributed by atoms with Crippen LogP contribution in [0.1, 0.15) is 20.3 Å². The average Bonchev–Trinajstić information content (AvgIpc) is 1.88. The van der Waals surface area contributed by atoms with Crippen LogP contribution in [-0.4, -0.2) is 18.3 Å². The van der Waals surface area contributed by atoms with Crippen LogP contribution in [0.3, 0.4) is 0 Å². The lowest BCUT2D eigenvalue weighted by Gasteiger charge is -2.04. The zero-order valence-corrected chi connectivity index (χ0v) is 7.36. The van der Waals surface area contributed by atoms with Gasteiger partial charge in [0.1, 0.15) is 0 Å². The van der Waals surface area contributed by atoms with Gasteiger partial charge in [0.05, 0.1) is 12.5 Å². The van der Waals surface area contributed by atoms with E-state index in [1.807, 2.05) is 13.8 Å². The van der Waals surface area contributed by atoms with Gasteiger partial charge < -0.3 is 4.74 Å². The van der Waals surface area contributed by atoms with E-state index in [1.165, 1.54) is 0 Å². The quantitative estimate of drug-likeness (QED) is 0.385. The first-order chi connectivity index (χ1) is 4.68. The van der Waals surface area contributed by atoms with Gasteiger partial charge in [-0.1, -0.05) is 13.8 Å². The second-order valence-corrected chi connectivity index (χ2v) is 2.85. The van der Waals surface area contributed by atoms with Crippen molar-refractivity contribution in [2.45, 2.75) is 20.3 Å². The third kappa shape index (κ3) is 4.68. The summed E-state index contributed by atoms with van der Waals surface area (Å²) in [5, 5.41) is 0. The molecular formula is C7H14O2S. The van der Waals surface area contributed by atoms with E-state index in [-0.39, 0.29) is 11.9 Å². The minimum Gasteiger partial charge on any atom is -0.465 e. The summed E-state index contributed by atoms with van der Waals surface area (Å²) in [6, 6.07) is 0. The molecule has 0 aromatic heterocycles. The summed E-state index contributed by atoms with van der Waals surface area (Å²) in [4.78, 5) is 10.8. The lowest BCUT2D eigenvalue weighted by Crippen LogP contribution is -2.12. The summed E-state index contributed by atoms with van der Waals surface area (Å²) in [7, 11) is 0. The smallest absolute Gasteiger partial charge is 0.308 e. The van der Waals surface area contributed by atoms with E-state index < -0.39 is 0 Å². The number of hydrogen-bond acceptors (Lipinski definition) is 3. The molecule has 0 bridgehead atoms. The minimum absolute atomic E-state index is 0.0140. The molecule has 0 rings (SSSR count). The number of esters is 1. The first-order valence-electron chi connectivity index (χ1n) is 3.46. The van der Waals surface area contributed by atoms with Crippen LogP contribution in [0.4, 0.5) is 0 Å². The monoisotopic (exact) mass is 162 g/mol. The molecule has 2 nitrogen and oxygen atoms in total. The van der Waals surface area contributed by atoms with Crippen molar-refractivity contribution >= 4 is 18.6 Å². The molecule has 0 saturated carbocycles. The number of carbonyl (C=O) groups is 1. The van der Waals surface area contributed by atoms with E-state index in [2.05, 4.69) is 12.6 Å². The Hall–Kier alpha value is -0.180. The molecule has 0 heterocycles. The molecule has 0 spiro atoms. The van der Waals surface area contributed by atoms with Gasteiger partial charge in [-0.3, -0.25) is 4.79 Å². The fourth-order valence-corrected chi connectivity index (χ4v) is 0.533. The van der Waals surface area contributed by atoms with Gasteiger partial charge >= 0.3 is 5.97 Å². The molecule has 0 atom stereocenters. The molecule has 0 radical (unpaired) electrons. The third-order valence-corrected chi connectivity index (χ3v) is 1.33. The molecule has 0 N–H and O–H groups in total. The van der Waals surface area contributed by atoms with Gasteiger partial charge in [-0.25, -0.2) is 0 Å². The highest BCUT2D eigenvalue weighted by molar-refractivity contribution is 7.80. The van der Waals surface area contributed by atoms with Crippen LogP contribution in [0.2, 0.25) is 0 Å². The average molecular weight is 162 g/mol. The number of carbonyl (C=O) groups excluding carboxylic acids is 1. The van der Waals surface area contributed by atoms with Crippen LogP contribution in [0.25, 0.3) is 0 Å². The van der Waals surface area contributed by atoms with Crippen LogP contribution in [-0.2, 0) is 9.53 Å². The van der Waals surface area contributed by atoms with Gasteiger partial charge in [0.25, 0.3) is 0 Å². The van der Waals surface area contributed by atoms with E-state index in [9.17, 15) is 4.79 Å². The largest absolute Gasteiger partial charge is 0.465 e. The van der Waals surface area contributed by atoms with Crippen LogP contribution in [0, 0.1) is 5.92 Å². The highest BCUT2D eigenvalue weighted by atomic mass is 32.1. The summed E-state index contributed by atoms with van der Waals surface area (Å²) < 4.78 is 4.86. The first-order valence-corrected chi connectivity index (χ1v) is 4.09. The Morgan fingerprint density at radius 1 is 1.60 bits per heavy atom. The molecule has 0 aliphatic rings. The standard InChI is InChI=1S/C7H14O2S/c1-6(2)7(8)9-4-3-5-10/h6,10H,3-5H2,1-2H3. The van der Waals surface area contributed by atoms with E-state index in [0.717, 1.165) is 12.2 Å². The molecular weight excluding hydrogens is 148 g/mol. The van der Waals surface area contributed by atoms with Crippen molar-refractivity contribution in [1.29, 1.82) is 0 Å². The molecule has 3 heteroatoms. The Morgan fingerprint density at radius 2 is 2.20 bits per heavy atom. The summed E-state index contributed by atoms with van der Waals surface area (Å²) in [6.45, 7) is 4.15. The van der Waals surface area contributed by atoms with Gasteiger partial charge in [-0.05, 0) is 12.2 Å². The van der Waals surface area contributed by atoms with Crippen molar-refractivity contribution in [2.24, 2.45) is 5.92 Å². The van der Waals surface area contributed by atoms with Gasteiger partial charge in [0.2, 0.25) is 0 Å². The number of hydrogen-bond donors (Lipinski definition) is 1. The molecule has 0 aromatic carbocycles. The SMILES string of the molecule is CC(C)C(=O)OCCCS. The fourth-order valence-electron chi connectivity index (χ4n) is 0.404. The maximum Gasteiger partial charge on any atom is 0.308 e. The second kappa shape index (κ2) is 5.59. The Kier molecular flexibility index (Phi) is 5.49. The lowest BCUT2D eigenvalue weighted by atomic mass is 10.2. The summed E-state index contributed by atoms with van der Waals surface area (Å²) in [5.41, 5.74) is 0. The molecule has 0 aromatic rings. The normalized spacial score (nSPS) is 10.0. The molecule has 0 unspecified atom stereocenters. The van der Waals surface area contributed by atoms with Crippen molar-refractivity contribution < 1.29 is 9.53 Å². The Labute approximate surface area is 67.4 Å². The van der Waals surface area contributed by atoms with E-state index in [0.29, 0.717) is 6.61 Å². The van der Waals surface area contributed by atoms with Gasteiger partial charge in [-0.2, -0.15) is 12.6 Å². The Balaban J connectivity index is 3.22. The van der Waals surface area contributed by atoms with Crippen LogP contribution in [0.5, 0.6) is 0 Å². The zero-order valence-electron chi connectivity index (χ0n) is 6.46. The van der Waals surface area contributed by atoms with Crippen molar-refractivity contribution in [3.8, 4) is 0 Å². The van der Waals surface area contributed by atoms with Crippen LogP contribution in [0.15, 0.2) is 0 Å². The topological polar surface area (TPSA) is 26.3 Å². The number of thiol groups is 1. The zero-order chi connectivity index (χ0) is 7.98.